The first-order valence-corrected chi connectivity index (χ1v) is 3.70. The number of hydrogen-bond donors (Lipinski definition) is 2. The molecule has 0 saturated heterocycles. The van der Waals surface area contributed by atoms with Crippen LogP contribution in [0.5, 0.6) is 0 Å². The molecule has 0 amide bonds. The van der Waals surface area contributed by atoms with Crippen LogP contribution in [0.2, 0.25) is 0 Å². The highest BCUT2D eigenvalue weighted by Gasteiger charge is 1.69. The predicted octanol–water partition coefficient (Wildman–Crippen LogP) is 2.55. The van der Waals surface area contributed by atoms with Crippen molar-refractivity contribution in [1.29, 1.82) is 5.41 Å². The van der Waals surface area contributed by atoms with Crippen LogP contribution in [-0.2, 0) is 0 Å². The van der Waals surface area contributed by atoms with Crippen molar-refractivity contribution in [3.63, 3.8) is 0 Å². The van der Waals surface area contributed by atoms with E-state index in [1.807, 2.05) is 27.7 Å². The van der Waals surface area contributed by atoms with Gasteiger partial charge in [-0.1, -0.05) is 27.7 Å². The summed E-state index contributed by atoms with van der Waals surface area (Å²) in [5, 5.41) is 6.54. The second-order valence-electron chi connectivity index (χ2n) is 1.06. The molecule has 0 aromatic heterocycles. The average molecular weight is 144 g/mol. The molecule has 10 heavy (non-hydrogen) atoms. The molecular formula is C8H20N2. The molecule has 0 fully saturated rings. The Morgan fingerprint density at radius 3 is 1.50 bits per heavy atom. The molecule has 0 unspecified atom stereocenters. The summed E-state index contributed by atoms with van der Waals surface area (Å²) < 4.78 is 0. The quantitative estimate of drug-likeness (QED) is 0.546. The lowest BCUT2D eigenvalue weighted by atomic mass is 10.4. The van der Waals surface area contributed by atoms with Crippen LogP contribution in [-0.4, -0.2) is 6.21 Å². The Kier molecular flexibility index (Phi) is 38.8. The molecule has 0 aromatic carbocycles. The van der Waals surface area contributed by atoms with Crippen molar-refractivity contribution in [2.45, 2.75) is 34.6 Å². The van der Waals surface area contributed by atoms with Crippen LogP contribution in [0.25, 0.3) is 0 Å². The van der Waals surface area contributed by atoms with Gasteiger partial charge < -0.3 is 11.1 Å². The fraction of sp³-hybridized carbons (Fsp3) is 0.625. The van der Waals surface area contributed by atoms with E-state index in [1.54, 1.807) is 6.92 Å². The highest BCUT2D eigenvalue weighted by Crippen LogP contribution is 1.76. The summed E-state index contributed by atoms with van der Waals surface area (Å²) in [5.41, 5.74) is 5.76. The standard InChI is InChI=1S/C4H8N2.2C2H6/c1-4(2-5)3-6;2*1-2/h2-3,5H,6H2,1H3;2*1-2H3/b4-3-,5-2?;;. The van der Waals surface area contributed by atoms with Crippen LogP contribution in [0.1, 0.15) is 34.6 Å². The lowest BCUT2D eigenvalue weighted by molar-refractivity contribution is 1.45. The van der Waals surface area contributed by atoms with E-state index in [1.165, 1.54) is 12.4 Å². The molecule has 0 aliphatic heterocycles. The molecule has 2 nitrogen and oxygen atoms in total. The molecular weight excluding hydrogens is 124 g/mol. The number of nitrogens with one attached hydrogen (secondary N) is 1. The van der Waals surface area contributed by atoms with Crippen LogP contribution < -0.4 is 5.73 Å². The monoisotopic (exact) mass is 144 g/mol. The van der Waals surface area contributed by atoms with Gasteiger partial charge in [0.2, 0.25) is 0 Å². The summed E-state index contributed by atoms with van der Waals surface area (Å²) in [6.45, 7) is 9.77. The third-order valence-electron chi connectivity index (χ3n) is 0.491. The van der Waals surface area contributed by atoms with Crippen molar-refractivity contribution in [2.24, 2.45) is 5.73 Å². The minimum atomic E-state index is 0.787. The van der Waals surface area contributed by atoms with Gasteiger partial charge in [-0.15, -0.1) is 0 Å². The van der Waals surface area contributed by atoms with Crippen LogP contribution in [0, 0.1) is 5.41 Å². The molecule has 0 heterocycles. The minimum Gasteiger partial charge on any atom is -0.404 e. The van der Waals surface area contributed by atoms with Crippen molar-refractivity contribution >= 4 is 6.21 Å². The maximum atomic E-state index is 6.54. The maximum absolute atomic E-state index is 6.54. The molecule has 0 bridgehead atoms. The SMILES string of the molecule is C/C(C=N)=C/N.CC.CC. The normalized spacial score (nSPS) is 7.90. The topological polar surface area (TPSA) is 49.9 Å². The maximum Gasteiger partial charge on any atom is 0.0221 e. The van der Waals surface area contributed by atoms with Gasteiger partial charge in [0.1, 0.15) is 0 Å². The Morgan fingerprint density at radius 1 is 1.20 bits per heavy atom. The van der Waals surface area contributed by atoms with Gasteiger partial charge in [0.15, 0.2) is 0 Å². The molecule has 0 spiro atoms. The van der Waals surface area contributed by atoms with E-state index in [0.717, 1.165) is 5.57 Å². The molecule has 0 aromatic rings. The zero-order valence-electron chi connectivity index (χ0n) is 7.73. The van der Waals surface area contributed by atoms with E-state index in [4.69, 9.17) is 11.1 Å². The first-order valence-electron chi connectivity index (χ1n) is 3.70. The fourth-order valence-electron chi connectivity index (χ4n) is 0.0481. The van der Waals surface area contributed by atoms with E-state index in [2.05, 4.69) is 0 Å². The first-order chi connectivity index (χ1) is 4.81. The summed E-state index contributed by atoms with van der Waals surface area (Å²) in [6, 6.07) is 0. The highest BCUT2D eigenvalue weighted by molar-refractivity contribution is 5.74. The van der Waals surface area contributed by atoms with Crippen LogP contribution >= 0.6 is 0 Å². The van der Waals surface area contributed by atoms with Gasteiger partial charge in [-0.25, -0.2) is 0 Å². The number of hydrogen-bond acceptors (Lipinski definition) is 2. The van der Waals surface area contributed by atoms with Crippen molar-refractivity contribution in [1.82, 2.24) is 0 Å². The summed E-state index contributed by atoms with van der Waals surface area (Å²) in [4.78, 5) is 0. The molecule has 0 atom stereocenters. The fourth-order valence-corrected chi connectivity index (χ4v) is 0.0481. The van der Waals surface area contributed by atoms with Gasteiger partial charge in [0.05, 0.1) is 0 Å². The predicted molar refractivity (Wildman–Crippen MR) is 49.4 cm³/mol. The Labute approximate surface area is 64.6 Å². The van der Waals surface area contributed by atoms with E-state index in [-0.39, 0.29) is 0 Å². The van der Waals surface area contributed by atoms with E-state index < -0.39 is 0 Å². The smallest absolute Gasteiger partial charge is 0.0221 e. The summed E-state index contributed by atoms with van der Waals surface area (Å²) >= 11 is 0. The number of allylic oxidation sites excluding steroid dienone is 1. The van der Waals surface area contributed by atoms with E-state index in [9.17, 15) is 0 Å². The van der Waals surface area contributed by atoms with Crippen molar-refractivity contribution < 1.29 is 0 Å². The highest BCUT2D eigenvalue weighted by atomic mass is 14.5. The number of rotatable bonds is 1. The molecule has 0 aliphatic carbocycles. The Balaban J connectivity index is -0.000000105. The summed E-state index contributed by atoms with van der Waals surface area (Å²) in [5.74, 6) is 0. The van der Waals surface area contributed by atoms with E-state index in [0.29, 0.717) is 0 Å². The Morgan fingerprint density at radius 2 is 1.50 bits per heavy atom. The van der Waals surface area contributed by atoms with Gasteiger partial charge in [0, 0.05) is 6.21 Å². The lowest BCUT2D eigenvalue weighted by Gasteiger charge is -1.77. The largest absolute Gasteiger partial charge is 0.404 e. The Bertz CT molecular complexity index is 75.3. The summed E-state index contributed by atoms with van der Waals surface area (Å²) in [6.07, 6.45) is 2.60. The van der Waals surface area contributed by atoms with Crippen molar-refractivity contribution in [3.8, 4) is 0 Å². The third-order valence-corrected chi connectivity index (χ3v) is 0.491. The van der Waals surface area contributed by atoms with Gasteiger partial charge >= 0.3 is 0 Å². The van der Waals surface area contributed by atoms with Crippen molar-refractivity contribution in [2.75, 3.05) is 0 Å². The molecule has 0 aliphatic rings. The minimum absolute atomic E-state index is 0.787. The van der Waals surface area contributed by atoms with Gasteiger partial charge in [-0.05, 0) is 18.7 Å². The van der Waals surface area contributed by atoms with Gasteiger partial charge in [-0.3, -0.25) is 0 Å². The van der Waals surface area contributed by atoms with Crippen LogP contribution in [0.3, 0.4) is 0 Å². The van der Waals surface area contributed by atoms with Crippen LogP contribution in [0.4, 0.5) is 0 Å². The molecule has 0 saturated carbocycles. The molecule has 62 valence electrons. The zero-order chi connectivity index (χ0) is 8.99. The number of nitrogens with two attached hydrogens (primary N) is 1. The van der Waals surface area contributed by atoms with Gasteiger partial charge in [0.25, 0.3) is 0 Å². The summed E-state index contributed by atoms with van der Waals surface area (Å²) in [7, 11) is 0. The zero-order valence-corrected chi connectivity index (χ0v) is 7.73. The van der Waals surface area contributed by atoms with Crippen molar-refractivity contribution in [3.05, 3.63) is 11.8 Å². The first kappa shape index (κ1) is 16.1. The molecule has 0 rings (SSSR count). The van der Waals surface area contributed by atoms with Crippen LogP contribution in [0.15, 0.2) is 11.8 Å². The van der Waals surface area contributed by atoms with Gasteiger partial charge in [-0.2, -0.15) is 0 Å². The molecule has 0 radical (unpaired) electrons. The second-order valence-corrected chi connectivity index (χ2v) is 1.06. The Hall–Kier alpha value is -0.790. The molecule has 3 N–H and O–H groups in total. The lowest BCUT2D eigenvalue weighted by Crippen LogP contribution is -1.82. The average Bonchev–Trinajstić information content (AvgIpc) is 2.10. The third kappa shape index (κ3) is 27.0. The van der Waals surface area contributed by atoms with E-state index >= 15 is 0 Å². The second kappa shape index (κ2) is 24.1. The molecule has 2 heteroatoms.